The van der Waals surface area contributed by atoms with E-state index in [9.17, 15) is 14.4 Å². The predicted molar refractivity (Wildman–Crippen MR) is 155 cm³/mol. The molecule has 196 valence electrons. The highest BCUT2D eigenvalue weighted by atomic mass is 35.5. The smallest absolute Gasteiger partial charge is 0.272 e. The Balaban J connectivity index is 1.38. The largest absolute Gasteiger partial charge is 0.355 e. The van der Waals surface area contributed by atoms with Crippen LogP contribution in [0.2, 0.25) is 5.02 Å². The molecule has 0 aliphatic carbocycles. The van der Waals surface area contributed by atoms with Crippen molar-refractivity contribution < 1.29 is 14.4 Å². The lowest BCUT2D eigenvalue weighted by Crippen LogP contribution is -2.30. The number of carbonyl (C=O) groups is 3. The Labute approximate surface area is 232 Å². The van der Waals surface area contributed by atoms with E-state index in [1.54, 1.807) is 78.9 Å². The fourth-order valence-corrected chi connectivity index (χ4v) is 3.94. The third-order valence-electron chi connectivity index (χ3n) is 5.86. The molecule has 4 aromatic rings. The number of hydrogen-bond donors (Lipinski definition) is 3. The summed E-state index contributed by atoms with van der Waals surface area (Å²) in [4.78, 5) is 38.3. The van der Waals surface area contributed by atoms with Gasteiger partial charge in [-0.25, -0.2) is 0 Å². The average Bonchev–Trinajstić information content (AvgIpc) is 2.96. The zero-order valence-electron chi connectivity index (χ0n) is 21.2. The molecular formula is C32H28ClN3O3. The van der Waals surface area contributed by atoms with Crippen molar-refractivity contribution in [2.24, 2.45) is 0 Å². The summed E-state index contributed by atoms with van der Waals surface area (Å²) in [5.74, 6) is -0.959. The molecule has 0 bridgehead atoms. The molecule has 0 radical (unpaired) electrons. The van der Waals surface area contributed by atoms with Crippen LogP contribution in [0.1, 0.15) is 27.0 Å². The molecule has 0 atom stereocenters. The predicted octanol–water partition coefficient (Wildman–Crippen LogP) is 5.65. The van der Waals surface area contributed by atoms with Gasteiger partial charge in [0.1, 0.15) is 5.70 Å². The molecule has 7 heteroatoms. The molecule has 0 spiro atoms. The fraction of sp³-hybridized carbons (Fsp3) is 0.0938. The van der Waals surface area contributed by atoms with E-state index in [4.69, 9.17) is 11.6 Å². The second-order valence-electron chi connectivity index (χ2n) is 8.84. The van der Waals surface area contributed by atoms with Crippen molar-refractivity contribution in [1.29, 1.82) is 0 Å². The Morgan fingerprint density at radius 2 is 1.36 bits per heavy atom. The lowest BCUT2D eigenvalue weighted by atomic mass is 10.1. The van der Waals surface area contributed by atoms with E-state index >= 15 is 0 Å². The van der Waals surface area contributed by atoms with E-state index in [1.807, 2.05) is 36.4 Å². The van der Waals surface area contributed by atoms with Crippen molar-refractivity contribution in [1.82, 2.24) is 10.6 Å². The summed E-state index contributed by atoms with van der Waals surface area (Å²) in [6.45, 7) is 0.564. The highest BCUT2D eigenvalue weighted by Gasteiger charge is 2.15. The summed E-state index contributed by atoms with van der Waals surface area (Å²) in [6, 6.07) is 32.6. The van der Waals surface area contributed by atoms with Crippen LogP contribution >= 0.6 is 11.6 Å². The van der Waals surface area contributed by atoms with Crippen LogP contribution in [-0.4, -0.2) is 24.3 Å². The van der Waals surface area contributed by atoms with Crippen molar-refractivity contribution in [2.45, 2.75) is 12.8 Å². The maximum Gasteiger partial charge on any atom is 0.272 e. The van der Waals surface area contributed by atoms with Crippen LogP contribution in [0.15, 0.2) is 115 Å². The van der Waals surface area contributed by atoms with Gasteiger partial charge in [0.25, 0.3) is 11.8 Å². The number of amides is 3. The number of carbonyl (C=O) groups excluding carboxylic acids is 3. The second kappa shape index (κ2) is 13.7. The van der Waals surface area contributed by atoms with Gasteiger partial charge in [0.05, 0.1) is 6.42 Å². The summed E-state index contributed by atoms with van der Waals surface area (Å²) in [5, 5.41) is 9.03. The van der Waals surface area contributed by atoms with Crippen molar-refractivity contribution in [3.63, 3.8) is 0 Å². The van der Waals surface area contributed by atoms with Gasteiger partial charge in [-0.1, -0.05) is 84.4 Å². The van der Waals surface area contributed by atoms with Gasteiger partial charge >= 0.3 is 0 Å². The number of halogens is 1. The van der Waals surface area contributed by atoms with Crippen LogP contribution in [0.25, 0.3) is 6.08 Å². The van der Waals surface area contributed by atoms with E-state index in [0.717, 1.165) is 12.0 Å². The molecular weight excluding hydrogens is 510 g/mol. The van der Waals surface area contributed by atoms with Gasteiger partial charge in [0.2, 0.25) is 5.91 Å². The topological polar surface area (TPSA) is 87.3 Å². The Morgan fingerprint density at radius 3 is 2.03 bits per heavy atom. The third-order valence-corrected chi connectivity index (χ3v) is 6.12. The lowest BCUT2D eigenvalue weighted by Gasteiger charge is -2.12. The minimum atomic E-state index is -0.486. The number of benzene rings is 4. The SMILES string of the molecule is O=C(Cc1ccc(NC(=O)/C(=C/c2ccc(Cl)cc2)NC(=O)c2ccccc2)cc1)NCCc1ccccc1. The minimum absolute atomic E-state index is 0.0699. The number of anilines is 1. The van der Waals surface area contributed by atoms with E-state index in [-0.39, 0.29) is 18.0 Å². The molecule has 0 aromatic heterocycles. The molecule has 39 heavy (non-hydrogen) atoms. The minimum Gasteiger partial charge on any atom is -0.355 e. The Morgan fingerprint density at radius 1 is 0.718 bits per heavy atom. The summed E-state index contributed by atoms with van der Waals surface area (Å²) < 4.78 is 0. The third kappa shape index (κ3) is 8.69. The number of hydrogen-bond acceptors (Lipinski definition) is 3. The van der Waals surface area contributed by atoms with Crippen molar-refractivity contribution >= 4 is 41.1 Å². The number of nitrogens with one attached hydrogen (secondary N) is 3. The Kier molecular flexibility index (Phi) is 9.64. The monoisotopic (exact) mass is 537 g/mol. The molecule has 0 fully saturated rings. The van der Waals surface area contributed by atoms with E-state index < -0.39 is 11.8 Å². The van der Waals surface area contributed by atoms with Gasteiger partial charge in [-0.2, -0.15) is 0 Å². The average molecular weight is 538 g/mol. The lowest BCUT2D eigenvalue weighted by molar-refractivity contribution is -0.120. The molecule has 4 rings (SSSR count). The van der Waals surface area contributed by atoms with E-state index in [1.165, 1.54) is 5.56 Å². The van der Waals surface area contributed by atoms with Crippen molar-refractivity contribution in [2.75, 3.05) is 11.9 Å². The standard InChI is InChI=1S/C32H28ClN3O3/c33-27-15-11-24(12-16-27)21-29(36-31(38)26-9-5-2-6-10-26)32(39)35-28-17-13-25(14-18-28)22-30(37)34-20-19-23-7-3-1-4-8-23/h1-18,21H,19-20,22H2,(H,34,37)(H,35,39)(H,36,38)/b29-21-. The summed E-state index contributed by atoms with van der Waals surface area (Å²) >= 11 is 5.98. The first-order valence-electron chi connectivity index (χ1n) is 12.5. The zero-order chi connectivity index (χ0) is 27.5. The maximum absolute atomic E-state index is 13.2. The first kappa shape index (κ1) is 27.4. The van der Waals surface area contributed by atoms with Gasteiger partial charge < -0.3 is 16.0 Å². The first-order valence-corrected chi connectivity index (χ1v) is 12.9. The van der Waals surface area contributed by atoms with E-state index in [2.05, 4.69) is 16.0 Å². The molecule has 3 N–H and O–H groups in total. The summed E-state index contributed by atoms with van der Waals surface area (Å²) in [7, 11) is 0. The molecule has 0 aliphatic rings. The van der Waals surface area contributed by atoms with Crippen molar-refractivity contribution in [3.8, 4) is 0 Å². The molecule has 6 nitrogen and oxygen atoms in total. The van der Waals surface area contributed by atoms with Crippen LogP contribution in [0, 0.1) is 0 Å². The molecule has 0 saturated heterocycles. The van der Waals surface area contributed by atoms with Crippen LogP contribution in [0.3, 0.4) is 0 Å². The van der Waals surface area contributed by atoms with Gasteiger partial charge in [-0.05, 0) is 65.6 Å². The number of rotatable bonds is 10. The summed E-state index contributed by atoms with van der Waals surface area (Å²) in [6.07, 6.45) is 2.59. The molecule has 4 aromatic carbocycles. The van der Waals surface area contributed by atoms with Crippen LogP contribution in [0.5, 0.6) is 0 Å². The quantitative estimate of drug-likeness (QED) is 0.228. The van der Waals surface area contributed by atoms with Crippen LogP contribution in [-0.2, 0) is 22.4 Å². The molecule has 0 unspecified atom stereocenters. The molecule has 0 aliphatic heterocycles. The Hall–Kier alpha value is -4.68. The zero-order valence-corrected chi connectivity index (χ0v) is 21.9. The first-order chi connectivity index (χ1) is 19.0. The molecule has 0 heterocycles. The molecule has 3 amide bonds. The maximum atomic E-state index is 13.2. The van der Waals surface area contributed by atoms with Crippen LogP contribution in [0.4, 0.5) is 5.69 Å². The Bertz CT molecular complexity index is 1440. The normalized spacial score (nSPS) is 10.9. The fourth-order valence-electron chi connectivity index (χ4n) is 3.81. The molecule has 0 saturated carbocycles. The van der Waals surface area contributed by atoms with Crippen LogP contribution < -0.4 is 16.0 Å². The van der Waals surface area contributed by atoms with Gasteiger partial charge in [-0.15, -0.1) is 0 Å². The van der Waals surface area contributed by atoms with Crippen molar-refractivity contribution in [3.05, 3.63) is 142 Å². The second-order valence-corrected chi connectivity index (χ2v) is 9.28. The van der Waals surface area contributed by atoms with E-state index in [0.29, 0.717) is 28.4 Å². The van der Waals surface area contributed by atoms with Gasteiger partial charge in [0.15, 0.2) is 0 Å². The highest BCUT2D eigenvalue weighted by Crippen LogP contribution is 2.15. The summed E-state index contributed by atoms with van der Waals surface area (Å²) in [5.41, 5.74) is 3.73. The van der Waals surface area contributed by atoms with Gasteiger partial charge in [-0.3, -0.25) is 14.4 Å². The van der Waals surface area contributed by atoms with Gasteiger partial charge in [0, 0.05) is 22.8 Å². The highest BCUT2D eigenvalue weighted by molar-refractivity contribution is 6.30.